The molecule has 4 nitrogen and oxygen atoms in total. The Hall–Kier alpha value is -1.20. The summed E-state index contributed by atoms with van der Waals surface area (Å²) >= 11 is 3.19. The van der Waals surface area contributed by atoms with E-state index in [0.29, 0.717) is 11.1 Å². The van der Waals surface area contributed by atoms with E-state index in [2.05, 4.69) is 15.9 Å². The molecule has 5 heteroatoms. The zero-order valence-corrected chi connectivity index (χ0v) is 9.98. The molecule has 1 atom stereocenters. The van der Waals surface area contributed by atoms with Crippen LogP contribution in [0.15, 0.2) is 24.3 Å². The number of hydrogen-bond acceptors (Lipinski definition) is 3. The highest BCUT2D eigenvalue weighted by Gasteiger charge is 2.35. The number of alkyl halides is 1. The molecule has 1 unspecified atom stereocenters. The van der Waals surface area contributed by atoms with E-state index < -0.39 is 0 Å². The van der Waals surface area contributed by atoms with Gasteiger partial charge >= 0.3 is 0 Å². The fraction of sp³-hybridized carbons (Fsp3) is 0.273. The lowest BCUT2D eigenvalue weighted by atomic mass is 10.1. The van der Waals surface area contributed by atoms with Crippen LogP contribution in [0.2, 0.25) is 0 Å². The number of carbonyl (C=O) groups excluding carboxylic acids is 2. The second-order valence-electron chi connectivity index (χ2n) is 3.55. The highest BCUT2D eigenvalue weighted by molar-refractivity contribution is 9.09. The largest absolute Gasteiger partial charge is 0.395 e. The summed E-state index contributed by atoms with van der Waals surface area (Å²) < 4.78 is 0. The number of nitrogens with zero attached hydrogens (tertiary/aromatic N) is 1. The van der Waals surface area contributed by atoms with E-state index in [4.69, 9.17) is 5.11 Å². The van der Waals surface area contributed by atoms with Crippen LogP contribution in [-0.2, 0) is 0 Å². The Morgan fingerprint density at radius 3 is 2.12 bits per heavy atom. The average molecular weight is 284 g/mol. The number of fused-ring (bicyclic) bond motifs is 1. The molecule has 0 saturated carbocycles. The van der Waals surface area contributed by atoms with Crippen LogP contribution in [0.4, 0.5) is 0 Å². The predicted octanol–water partition coefficient (Wildman–Crippen LogP) is 1.04. The van der Waals surface area contributed by atoms with Gasteiger partial charge in [0.15, 0.2) is 0 Å². The van der Waals surface area contributed by atoms with Gasteiger partial charge in [0.2, 0.25) is 0 Å². The molecule has 1 aromatic carbocycles. The molecule has 0 aliphatic carbocycles. The van der Waals surface area contributed by atoms with Crippen LogP contribution < -0.4 is 0 Å². The summed E-state index contributed by atoms with van der Waals surface area (Å²) in [5.74, 6) is -0.586. The van der Waals surface area contributed by atoms with E-state index in [1.165, 1.54) is 0 Å². The standard InChI is InChI=1S/C11H10BrNO3/c12-7(6-14)5-13-10(15)8-3-1-2-4-9(8)11(13)16/h1-4,7,14H,5-6H2. The van der Waals surface area contributed by atoms with Crippen molar-refractivity contribution in [2.75, 3.05) is 13.2 Å². The van der Waals surface area contributed by atoms with Gasteiger partial charge in [0.05, 0.1) is 22.6 Å². The number of hydrogen-bond donors (Lipinski definition) is 1. The van der Waals surface area contributed by atoms with Crippen LogP contribution in [-0.4, -0.2) is 39.8 Å². The summed E-state index contributed by atoms with van der Waals surface area (Å²) in [4.78, 5) is 24.6. The summed E-state index contributed by atoms with van der Waals surface area (Å²) in [6.45, 7) is 0.0657. The van der Waals surface area contributed by atoms with Crippen molar-refractivity contribution in [3.8, 4) is 0 Å². The number of benzene rings is 1. The lowest BCUT2D eigenvalue weighted by Gasteiger charge is -2.16. The van der Waals surface area contributed by atoms with Crippen molar-refractivity contribution in [2.45, 2.75) is 4.83 Å². The SMILES string of the molecule is O=C1c2ccccc2C(=O)N1CC(Br)CO. The zero-order valence-electron chi connectivity index (χ0n) is 8.39. The molecular formula is C11H10BrNO3. The molecule has 0 spiro atoms. The number of carbonyl (C=O) groups is 2. The minimum absolute atomic E-state index is 0.118. The summed E-state index contributed by atoms with van der Waals surface area (Å²) in [5.41, 5.74) is 0.871. The van der Waals surface area contributed by atoms with E-state index in [1.54, 1.807) is 24.3 Å². The van der Waals surface area contributed by atoms with Crippen LogP contribution >= 0.6 is 15.9 Å². The first-order chi connectivity index (χ1) is 7.65. The summed E-state index contributed by atoms with van der Waals surface area (Å²) in [6.07, 6.45) is 0. The molecular weight excluding hydrogens is 274 g/mol. The maximum absolute atomic E-state index is 11.9. The lowest BCUT2D eigenvalue weighted by Crippen LogP contribution is -2.36. The second kappa shape index (κ2) is 4.35. The molecule has 2 rings (SSSR count). The van der Waals surface area contributed by atoms with Crippen molar-refractivity contribution in [3.63, 3.8) is 0 Å². The van der Waals surface area contributed by atoms with Crippen LogP contribution in [0.3, 0.4) is 0 Å². The van der Waals surface area contributed by atoms with Crippen LogP contribution in [0.1, 0.15) is 20.7 Å². The number of amides is 2. The Kier molecular flexibility index (Phi) is 3.07. The predicted molar refractivity (Wildman–Crippen MR) is 61.6 cm³/mol. The van der Waals surface area contributed by atoms with Crippen molar-refractivity contribution in [2.24, 2.45) is 0 Å². The number of rotatable bonds is 3. The van der Waals surface area contributed by atoms with Gasteiger partial charge in [-0.15, -0.1) is 0 Å². The van der Waals surface area contributed by atoms with Crippen molar-refractivity contribution in [3.05, 3.63) is 35.4 Å². The fourth-order valence-corrected chi connectivity index (χ4v) is 1.95. The van der Waals surface area contributed by atoms with Gasteiger partial charge in [0, 0.05) is 6.54 Å². The van der Waals surface area contributed by atoms with E-state index in [0.717, 1.165) is 4.90 Å². The smallest absolute Gasteiger partial charge is 0.261 e. The Bertz CT molecular complexity index is 412. The van der Waals surface area contributed by atoms with Crippen LogP contribution in [0, 0.1) is 0 Å². The van der Waals surface area contributed by atoms with Gasteiger partial charge in [-0.1, -0.05) is 28.1 Å². The molecule has 1 N–H and O–H groups in total. The van der Waals surface area contributed by atoms with Gasteiger partial charge in [-0.3, -0.25) is 14.5 Å². The van der Waals surface area contributed by atoms with Gasteiger partial charge in [-0.2, -0.15) is 0 Å². The highest BCUT2D eigenvalue weighted by Crippen LogP contribution is 2.23. The number of halogens is 1. The van der Waals surface area contributed by atoms with E-state index in [9.17, 15) is 9.59 Å². The molecule has 1 aliphatic heterocycles. The van der Waals surface area contributed by atoms with E-state index >= 15 is 0 Å². The summed E-state index contributed by atoms with van der Waals surface area (Å²) in [6, 6.07) is 6.73. The topological polar surface area (TPSA) is 57.6 Å². The first kappa shape index (κ1) is 11.3. The van der Waals surface area contributed by atoms with Crippen LogP contribution in [0.25, 0.3) is 0 Å². The van der Waals surface area contributed by atoms with E-state index in [1.807, 2.05) is 0 Å². The third-order valence-electron chi connectivity index (χ3n) is 2.46. The first-order valence-corrected chi connectivity index (χ1v) is 5.77. The Morgan fingerprint density at radius 1 is 1.19 bits per heavy atom. The van der Waals surface area contributed by atoms with Crippen molar-refractivity contribution in [1.82, 2.24) is 4.90 Å². The second-order valence-corrected chi connectivity index (χ2v) is 4.84. The van der Waals surface area contributed by atoms with Crippen LogP contribution in [0.5, 0.6) is 0 Å². The van der Waals surface area contributed by atoms with Gasteiger partial charge in [-0.05, 0) is 12.1 Å². The molecule has 1 aromatic rings. The first-order valence-electron chi connectivity index (χ1n) is 4.85. The fourth-order valence-electron chi connectivity index (χ4n) is 1.66. The third kappa shape index (κ3) is 1.76. The minimum Gasteiger partial charge on any atom is -0.395 e. The maximum atomic E-state index is 11.9. The lowest BCUT2D eigenvalue weighted by molar-refractivity contribution is 0.0649. The monoisotopic (exact) mass is 283 g/mol. The molecule has 0 radical (unpaired) electrons. The highest BCUT2D eigenvalue weighted by atomic mass is 79.9. The van der Waals surface area contributed by atoms with Gasteiger partial charge < -0.3 is 5.11 Å². The molecule has 84 valence electrons. The van der Waals surface area contributed by atoms with Gasteiger partial charge in [0.25, 0.3) is 11.8 Å². The third-order valence-corrected chi connectivity index (χ3v) is 3.04. The van der Waals surface area contributed by atoms with E-state index in [-0.39, 0.29) is 29.8 Å². The molecule has 2 amide bonds. The molecule has 1 heterocycles. The van der Waals surface area contributed by atoms with Crippen molar-refractivity contribution in [1.29, 1.82) is 0 Å². The zero-order chi connectivity index (χ0) is 11.7. The summed E-state index contributed by atoms with van der Waals surface area (Å²) in [7, 11) is 0. The Morgan fingerprint density at radius 2 is 1.69 bits per heavy atom. The number of aliphatic hydroxyl groups is 1. The molecule has 0 bridgehead atoms. The Labute approximate surface area is 101 Å². The quantitative estimate of drug-likeness (QED) is 0.666. The molecule has 0 fully saturated rings. The van der Waals surface area contributed by atoms with Crippen molar-refractivity contribution >= 4 is 27.7 Å². The average Bonchev–Trinajstić information content (AvgIpc) is 2.55. The molecule has 1 aliphatic rings. The normalized spacial score (nSPS) is 16.5. The molecule has 16 heavy (non-hydrogen) atoms. The minimum atomic E-state index is -0.293. The van der Waals surface area contributed by atoms with Gasteiger partial charge in [-0.25, -0.2) is 0 Å². The molecule has 0 saturated heterocycles. The Balaban J connectivity index is 2.28. The number of imide groups is 1. The van der Waals surface area contributed by atoms with Gasteiger partial charge in [0.1, 0.15) is 0 Å². The number of aliphatic hydroxyl groups excluding tert-OH is 1. The molecule has 0 aromatic heterocycles. The summed E-state index contributed by atoms with van der Waals surface area (Å²) in [5, 5.41) is 8.89. The maximum Gasteiger partial charge on any atom is 0.261 e. The van der Waals surface area contributed by atoms with Crippen molar-refractivity contribution < 1.29 is 14.7 Å².